The van der Waals surface area contributed by atoms with E-state index in [1.165, 1.54) is 24.3 Å². The number of carbonyl (C=O) groups is 1. The van der Waals surface area contributed by atoms with Gasteiger partial charge in [-0.3, -0.25) is 4.90 Å². The first-order valence-corrected chi connectivity index (χ1v) is 8.56. The molecule has 0 bridgehead atoms. The minimum atomic E-state index is -4.93. The van der Waals surface area contributed by atoms with Gasteiger partial charge in [-0.05, 0) is 11.6 Å². The Hall–Kier alpha value is -2.55. The maximum absolute atomic E-state index is 13.5. The molecule has 0 radical (unpaired) electrons. The number of urea groups is 1. The second-order valence-corrected chi connectivity index (χ2v) is 6.77. The maximum Gasteiger partial charge on any atom is 0.424 e. The lowest BCUT2D eigenvalue weighted by molar-refractivity contribution is -0.272. The predicted molar refractivity (Wildman–Crippen MR) is 93.4 cm³/mol. The monoisotopic (exact) mass is 382 g/mol. The number of para-hydroxylation sites is 1. The lowest BCUT2D eigenvalue weighted by Gasteiger charge is -2.30. The highest BCUT2D eigenvalue weighted by molar-refractivity contribution is 5.94. The van der Waals surface area contributed by atoms with Gasteiger partial charge in [-0.1, -0.05) is 25.1 Å². The normalized spacial score (nSPS) is 18.9. The summed E-state index contributed by atoms with van der Waals surface area (Å²) in [5.41, 5.74) is -1.38. The number of alkyl halides is 3. The first-order chi connectivity index (χ1) is 12.6. The molecule has 27 heavy (non-hydrogen) atoms. The van der Waals surface area contributed by atoms with E-state index >= 15 is 0 Å². The van der Waals surface area contributed by atoms with Crippen LogP contribution in [0.5, 0.6) is 0 Å². The summed E-state index contributed by atoms with van der Waals surface area (Å²) >= 11 is 0. The van der Waals surface area contributed by atoms with E-state index < -0.39 is 30.1 Å². The number of hydrogen-bond acceptors (Lipinski definition) is 3. The van der Waals surface area contributed by atoms with Crippen LogP contribution in [0.4, 0.5) is 23.7 Å². The van der Waals surface area contributed by atoms with Crippen LogP contribution in [0.15, 0.2) is 36.7 Å². The van der Waals surface area contributed by atoms with Crippen molar-refractivity contribution in [1.29, 1.82) is 0 Å². The zero-order valence-corrected chi connectivity index (χ0v) is 15.0. The van der Waals surface area contributed by atoms with Gasteiger partial charge >= 0.3 is 12.2 Å². The Bertz CT molecular complexity index is 836. The van der Waals surface area contributed by atoms with Crippen LogP contribution in [0, 0.1) is 0 Å². The van der Waals surface area contributed by atoms with Crippen LogP contribution >= 0.6 is 0 Å². The fourth-order valence-electron chi connectivity index (χ4n) is 3.40. The minimum Gasteiger partial charge on any atom is -0.374 e. The van der Waals surface area contributed by atoms with Gasteiger partial charge in [0.25, 0.3) is 0 Å². The van der Waals surface area contributed by atoms with Crippen molar-refractivity contribution in [2.45, 2.75) is 31.0 Å². The Morgan fingerprint density at radius 2 is 2.07 bits per heavy atom. The fraction of sp³-hybridized carbons (Fsp3) is 0.444. The number of benzene rings is 1. The third-order valence-electron chi connectivity index (χ3n) is 4.88. The Labute approximate surface area is 154 Å². The number of rotatable bonds is 4. The molecule has 2 amide bonds. The average molecular weight is 382 g/mol. The first-order valence-electron chi connectivity index (χ1n) is 8.56. The molecule has 0 aliphatic carbocycles. The number of amides is 2. The highest BCUT2D eigenvalue weighted by Gasteiger charge is 2.57. The van der Waals surface area contributed by atoms with Crippen LogP contribution in [0.2, 0.25) is 0 Å². The molecule has 2 aromatic rings. The number of carbonyl (C=O) groups excluding carboxylic acids is 1. The molecule has 2 unspecified atom stereocenters. The Morgan fingerprint density at radius 3 is 2.70 bits per heavy atom. The predicted octanol–water partition coefficient (Wildman–Crippen LogP) is 2.89. The summed E-state index contributed by atoms with van der Waals surface area (Å²) in [7, 11) is 1.38. The number of aromatic nitrogens is 2. The molecule has 1 aromatic heterocycles. The zero-order valence-electron chi connectivity index (χ0n) is 15.0. The quantitative estimate of drug-likeness (QED) is 0.854. The topological polar surface area (TPSA) is 70.4 Å². The van der Waals surface area contributed by atoms with Crippen molar-refractivity contribution in [3.8, 4) is 0 Å². The molecule has 2 N–H and O–H groups in total. The Kier molecular flexibility index (Phi) is 4.90. The van der Waals surface area contributed by atoms with E-state index in [1.54, 1.807) is 12.1 Å². The van der Waals surface area contributed by atoms with Gasteiger partial charge in [0.1, 0.15) is 5.82 Å². The number of aliphatic hydroxyl groups is 1. The van der Waals surface area contributed by atoms with E-state index in [2.05, 4.69) is 10.3 Å². The molecular weight excluding hydrogens is 361 g/mol. The van der Waals surface area contributed by atoms with E-state index in [1.807, 2.05) is 19.1 Å². The maximum atomic E-state index is 13.5. The number of hydrogen-bond donors (Lipinski definition) is 2. The molecule has 6 nitrogen and oxygen atoms in total. The summed E-state index contributed by atoms with van der Waals surface area (Å²) in [4.78, 5) is 17.6. The van der Waals surface area contributed by atoms with Crippen molar-refractivity contribution >= 4 is 11.7 Å². The van der Waals surface area contributed by atoms with Crippen LogP contribution in [0.1, 0.15) is 30.7 Å². The van der Waals surface area contributed by atoms with E-state index in [0.29, 0.717) is 6.54 Å². The molecule has 2 atom stereocenters. The van der Waals surface area contributed by atoms with Gasteiger partial charge in [-0.15, -0.1) is 0 Å². The van der Waals surface area contributed by atoms with Gasteiger partial charge < -0.3 is 15.0 Å². The van der Waals surface area contributed by atoms with E-state index in [0.717, 1.165) is 15.8 Å². The molecule has 9 heteroatoms. The van der Waals surface area contributed by atoms with Crippen molar-refractivity contribution in [3.05, 3.63) is 48.0 Å². The Balaban J connectivity index is 1.70. The standard InChI is InChI=1S/C18H21F3N4O2/c1-12-11-25(14-6-4-3-5-13(12)14)16(26)23-8-7-17(27,18(19,20)21)15-22-9-10-24(15)2/h3-6,9-10,12,27H,7-8,11H2,1-2H3,(H,23,26). The van der Waals surface area contributed by atoms with Crippen molar-refractivity contribution < 1.29 is 23.1 Å². The SMILES string of the molecule is CC1CN(C(=O)NCCC(O)(c2nccn2C)C(F)(F)F)c2ccccc21. The van der Waals surface area contributed by atoms with E-state index in [-0.39, 0.29) is 12.5 Å². The van der Waals surface area contributed by atoms with Crippen LogP contribution in [-0.4, -0.2) is 40.0 Å². The molecule has 3 rings (SSSR count). The number of nitrogens with zero attached hydrogens (tertiary/aromatic N) is 3. The summed E-state index contributed by atoms with van der Waals surface area (Å²) in [6, 6.07) is 6.93. The van der Waals surface area contributed by atoms with Crippen molar-refractivity contribution in [2.24, 2.45) is 7.05 Å². The summed E-state index contributed by atoms with van der Waals surface area (Å²) in [6.45, 7) is 2.08. The number of imidazole rings is 1. The van der Waals surface area contributed by atoms with Gasteiger partial charge in [0, 0.05) is 50.6 Å². The van der Waals surface area contributed by atoms with Crippen molar-refractivity contribution in [1.82, 2.24) is 14.9 Å². The summed E-state index contributed by atoms with van der Waals surface area (Å²) < 4.78 is 41.6. The number of halogens is 3. The molecule has 1 aliphatic heterocycles. The van der Waals surface area contributed by atoms with E-state index in [4.69, 9.17) is 0 Å². The zero-order chi connectivity index (χ0) is 19.8. The molecule has 146 valence electrons. The van der Waals surface area contributed by atoms with Crippen LogP contribution in [0.3, 0.4) is 0 Å². The third-order valence-corrected chi connectivity index (χ3v) is 4.88. The Morgan fingerprint density at radius 1 is 1.37 bits per heavy atom. The molecule has 0 fully saturated rings. The fourth-order valence-corrected chi connectivity index (χ4v) is 3.40. The van der Waals surface area contributed by atoms with Crippen molar-refractivity contribution in [2.75, 3.05) is 18.0 Å². The smallest absolute Gasteiger partial charge is 0.374 e. The minimum absolute atomic E-state index is 0.145. The first kappa shape index (κ1) is 19.2. The summed E-state index contributed by atoms with van der Waals surface area (Å²) in [6.07, 6.45) is -3.15. The van der Waals surface area contributed by atoms with Gasteiger partial charge in [-0.2, -0.15) is 13.2 Å². The molecule has 0 saturated carbocycles. The van der Waals surface area contributed by atoms with Crippen LogP contribution in [-0.2, 0) is 12.6 Å². The van der Waals surface area contributed by atoms with Gasteiger partial charge in [0.15, 0.2) is 0 Å². The second-order valence-electron chi connectivity index (χ2n) is 6.77. The number of nitrogens with one attached hydrogen (secondary N) is 1. The highest BCUT2D eigenvalue weighted by atomic mass is 19.4. The molecule has 0 saturated heterocycles. The molecule has 2 heterocycles. The molecule has 1 aliphatic rings. The highest BCUT2D eigenvalue weighted by Crippen LogP contribution is 2.40. The second kappa shape index (κ2) is 6.88. The lowest BCUT2D eigenvalue weighted by Crippen LogP contribution is -2.48. The number of fused-ring (bicyclic) bond motifs is 1. The van der Waals surface area contributed by atoms with Crippen molar-refractivity contribution in [3.63, 3.8) is 0 Å². The van der Waals surface area contributed by atoms with Gasteiger partial charge in [-0.25, -0.2) is 9.78 Å². The van der Waals surface area contributed by atoms with Gasteiger partial charge in [0.2, 0.25) is 5.60 Å². The summed E-state index contributed by atoms with van der Waals surface area (Å²) in [5, 5.41) is 12.8. The number of anilines is 1. The van der Waals surface area contributed by atoms with E-state index in [9.17, 15) is 23.1 Å². The molecular formula is C18H21F3N4O2. The average Bonchev–Trinajstić information content (AvgIpc) is 3.18. The third kappa shape index (κ3) is 3.39. The molecule has 0 spiro atoms. The number of aryl methyl sites for hydroxylation is 1. The van der Waals surface area contributed by atoms with Crippen LogP contribution in [0.25, 0.3) is 0 Å². The van der Waals surface area contributed by atoms with Crippen LogP contribution < -0.4 is 10.2 Å². The van der Waals surface area contributed by atoms with Gasteiger partial charge in [0.05, 0.1) is 0 Å². The molecule has 1 aromatic carbocycles. The summed E-state index contributed by atoms with van der Waals surface area (Å²) in [5.74, 6) is -0.365. The largest absolute Gasteiger partial charge is 0.424 e. The lowest BCUT2D eigenvalue weighted by atomic mass is 9.97.